The van der Waals surface area contributed by atoms with Crippen LogP contribution in [0.3, 0.4) is 0 Å². The van der Waals surface area contributed by atoms with Crippen molar-refractivity contribution in [1.82, 2.24) is 9.80 Å². The van der Waals surface area contributed by atoms with Gasteiger partial charge in [-0.1, -0.05) is 18.2 Å². The Kier molecular flexibility index (Phi) is 7.40. The number of rotatable bonds is 7. The van der Waals surface area contributed by atoms with Gasteiger partial charge in [-0.3, -0.25) is 29.4 Å². The number of nitro groups is 1. The highest BCUT2D eigenvalue weighted by Crippen LogP contribution is 2.32. The molecule has 2 saturated heterocycles. The molecule has 2 aliphatic heterocycles. The molecule has 36 heavy (non-hydrogen) atoms. The molecule has 0 bridgehead atoms. The number of imide groups is 1. The van der Waals surface area contributed by atoms with Gasteiger partial charge >= 0.3 is 10.1 Å². The summed E-state index contributed by atoms with van der Waals surface area (Å²) in [5.74, 6) is -0.868. The van der Waals surface area contributed by atoms with E-state index in [1.54, 1.807) is 4.90 Å². The molecule has 0 saturated carbocycles. The lowest BCUT2D eigenvalue weighted by Crippen LogP contribution is -2.44. The number of piperidine rings is 1. The SMILES string of the molecule is O=C(CN1C(=O)S/C(=C\c2ccc(OS(=O)(=O)c3cccc([N+](=O)[O-])c3)cc2)C1=O)N1CCCCC1. The van der Waals surface area contributed by atoms with Crippen LogP contribution in [0.1, 0.15) is 24.8 Å². The molecule has 11 nitrogen and oxygen atoms in total. The van der Waals surface area contributed by atoms with E-state index >= 15 is 0 Å². The van der Waals surface area contributed by atoms with Crippen LogP contribution in [0.4, 0.5) is 10.5 Å². The number of amides is 3. The van der Waals surface area contributed by atoms with Crippen LogP contribution in [0.2, 0.25) is 0 Å². The quantitative estimate of drug-likeness (QED) is 0.227. The van der Waals surface area contributed by atoms with E-state index in [9.17, 15) is 32.9 Å². The maximum absolute atomic E-state index is 12.7. The predicted molar refractivity (Wildman–Crippen MR) is 130 cm³/mol. The Hall–Kier alpha value is -3.71. The van der Waals surface area contributed by atoms with Gasteiger partial charge in [0.1, 0.15) is 17.2 Å². The second kappa shape index (κ2) is 10.5. The lowest BCUT2D eigenvalue weighted by molar-refractivity contribution is -0.385. The van der Waals surface area contributed by atoms with Gasteiger partial charge in [-0.05, 0) is 60.9 Å². The van der Waals surface area contributed by atoms with Crippen molar-refractivity contribution in [3.05, 3.63) is 69.1 Å². The average molecular weight is 532 g/mol. The van der Waals surface area contributed by atoms with Crippen molar-refractivity contribution >= 4 is 50.7 Å². The van der Waals surface area contributed by atoms with Crippen molar-refractivity contribution in [2.75, 3.05) is 19.6 Å². The summed E-state index contributed by atoms with van der Waals surface area (Å²) in [6.45, 7) is 0.941. The number of hydrogen-bond acceptors (Lipinski definition) is 9. The van der Waals surface area contributed by atoms with Crippen LogP contribution in [0, 0.1) is 10.1 Å². The summed E-state index contributed by atoms with van der Waals surface area (Å²) in [4.78, 5) is 50.1. The van der Waals surface area contributed by atoms with E-state index in [1.807, 2.05) is 0 Å². The van der Waals surface area contributed by atoms with Gasteiger partial charge in [-0.25, -0.2) is 0 Å². The topological polar surface area (TPSA) is 144 Å². The second-order valence-electron chi connectivity index (χ2n) is 8.07. The zero-order valence-corrected chi connectivity index (χ0v) is 20.5. The first-order chi connectivity index (χ1) is 17.1. The molecule has 2 aliphatic rings. The highest BCUT2D eigenvalue weighted by atomic mass is 32.2. The number of benzene rings is 2. The average Bonchev–Trinajstić information content (AvgIpc) is 3.13. The first-order valence-corrected chi connectivity index (χ1v) is 13.2. The van der Waals surface area contributed by atoms with Crippen LogP contribution in [0.15, 0.2) is 58.3 Å². The van der Waals surface area contributed by atoms with E-state index in [0.717, 1.165) is 42.0 Å². The summed E-state index contributed by atoms with van der Waals surface area (Å²) in [5, 5.41) is 10.4. The third kappa shape index (κ3) is 5.74. The highest BCUT2D eigenvalue weighted by molar-refractivity contribution is 8.18. The number of nitrogens with zero attached hydrogens (tertiary/aromatic N) is 3. The van der Waals surface area contributed by atoms with Gasteiger partial charge < -0.3 is 9.08 Å². The molecule has 188 valence electrons. The van der Waals surface area contributed by atoms with Gasteiger partial charge in [-0.15, -0.1) is 0 Å². The fourth-order valence-electron chi connectivity index (χ4n) is 3.71. The Morgan fingerprint density at radius 3 is 2.44 bits per heavy atom. The van der Waals surface area contributed by atoms with Crippen LogP contribution in [-0.4, -0.2) is 59.8 Å². The Morgan fingerprint density at radius 1 is 1.08 bits per heavy atom. The number of likely N-dealkylation sites (tertiary alicyclic amines) is 1. The Labute approximate surface area is 211 Å². The monoisotopic (exact) mass is 531 g/mol. The van der Waals surface area contributed by atoms with Gasteiger partial charge in [0.05, 0.1) is 9.83 Å². The number of hydrogen-bond donors (Lipinski definition) is 0. The molecule has 0 aromatic heterocycles. The van der Waals surface area contributed by atoms with Crippen molar-refractivity contribution in [3.8, 4) is 5.75 Å². The van der Waals surface area contributed by atoms with Crippen molar-refractivity contribution in [1.29, 1.82) is 0 Å². The lowest BCUT2D eigenvalue weighted by Gasteiger charge is -2.27. The van der Waals surface area contributed by atoms with E-state index in [2.05, 4.69) is 0 Å². The zero-order valence-electron chi connectivity index (χ0n) is 18.9. The minimum atomic E-state index is -4.31. The fourth-order valence-corrected chi connectivity index (χ4v) is 5.52. The third-order valence-corrected chi connectivity index (χ3v) is 7.73. The number of non-ortho nitro benzene ring substituents is 1. The molecule has 4 rings (SSSR count). The van der Waals surface area contributed by atoms with Gasteiger partial charge in [0, 0.05) is 25.2 Å². The number of carbonyl (C=O) groups is 3. The minimum Gasteiger partial charge on any atom is -0.379 e. The molecule has 2 aromatic carbocycles. The molecule has 2 fully saturated rings. The summed E-state index contributed by atoms with van der Waals surface area (Å²) < 4.78 is 30.0. The van der Waals surface area contributed by atoms with Crippen molar-refractivity contribution in [3.63, 3.8) is 0 Å². The van der Waals surface area contributed by atoms with Crippen molar-refractivity contribution in [2.24, 2.45) is 0 Å². The summed E-state index contributed by atoms with van der Waals surface area (Å²) in [7, 11) is -4.31. The minimum absolute atomic E-state index is 0.0427. The Morgan fingerprint density at radius 2 is 1.78 bits per heavy atom. The number of carbonyl (C=O) groups excluding carboxylic acids is 3. The van der Waals surface area contributed by atoms with Crippen LogP contribution in [-0.2, 0) is 19.7 Å². The molecule has 2 heterocycles. The molecular weight excluding hydrogens is 510 g/mol. The summed E-state index contributed by atoms with van der Waals surface area (Å²) >= 11 is 0.726. The maximum atomic E-state index is 12.7. The van der Waals surface area contributed by atoms with Gasteiger partial charge in [0.25, 0.3) is 16.8 Å². The molecule has 0 aliphatic carbocycles. The summed E-state index contributed by atoms with van der Waals surface area (Å²) in [5.41, 5.74) is 0.115. The summed E-state index contributed by atoms with van der Waals surface area (Å²) in [6.07, 6.45) is 4.33. The van der Waals surface area contributed by atoms with Gasteiger partial charge in [0.2, 0.25) is 5.91 Å². The maximum Gasteiger partial charge on any atom is 0.339 e. The zero-order chi connectivity index (χ0) is 25.9. The molecular formula is C23H21N3O8S2. The molecule has 0 atom stereocenters. The van der Waals surface area contributed by atoms with E-state index < -0.39 is 26.2 Å². The Balaban J connectivity index is 1.43. The van der Waals surface area contributed by atoms with E-state index in [4.69, 9.17) is 4.18 Å². The standard InChI is InChI=1S/C23H21N3O8S2/c27-21(24-11-2-1-3-12-24)15-25-22(28)20(35-23(25)29)13-16-7-9-18(10-8-16)34-36(32,33)19-6-4-5-17(14-19)26(30)31/h4-10,13-14H,1-3,11-12,15H2/b20-13-. The smallest absolute Gasteiger partial charge is 0.339 e. The molecule has 0 N–H and O–H groups in total. The summed E-state index contributed by atoms with van der Waals surface area (Å²) in [6, 6.07) is 10.2. The van der Waals surface area contributed by atoms with E-state index in [1.165, 1.54) is 48.5 Å². The van der Waals surface area contributed by atoms with Gasteiger partial charge in [0.15, 0.2) is 0 Å². The van der Waals surface area contributed by atoms with E-state index in [0.29, 0.717) is 18.7 Å². The van der Waals surface area contributed by atoms with Gasteiger partial charge in [-0.2, -0.15) is 8.42 Å². The van der Waals surface area contributed by atoms with Crippen LogP contribution < -0.4 is 4.18 Å². The molecule has 13 heteroatoms. The van der Waals surface area contributed by atoms with Crippen LogP contribution in [0.5, 0.6) is 5.75 Å². The number of nitro benzene ring substituents is 1. The first kappa shape index (κ1) is 25.4. The van der Waals surface area contributed by atoms with Crippen molar-refractivity contribution < 1.29 is 31.9 Å². The molecule has 0 radical (unpaired) electrons. The van der Waals surface area contributed by atoms with Crippen LogP contribution in [0.25, 0.3) is 6.08 Å². The molecule has 2 aromatic rings. The molecule has 0 unspecified atom stereocenters. The number of thioether (sulfide) groups is 1. The fraction of sp³-hybridized carbons (Fsp3) is 0.261. The first-order valence-electron chi connectivity index (χ1n) is 11.0. The molecule has 0 spiro atoms. The largest absolute Gasteiger partial charge is 0.379 e. The van der Waals surface area contributed by atoms with E-state index in [-0.39, 0.29) is 33.7 Å². The predicted octanol–water partition coefficient (Wildman–Crippen LogP) is 3.41. The van der Waals surface area contributed by atoms with Crippen molar-refractivity contribution in [2.45, 2.75) is 24.2 Å². The normalized spacial score (nSPS) is 17.5. The third-order valence-electron chi connectivity index (χ3n) is 5.58. The Bertz CT molecular complexity index is 1350. The molecule has 3 amide bonds. The van der Waals surface area contributed by atoms with Crippen LogP contribution >= 0.6 is 11.8 Å². The highest BCUT2D eigenvalue weighted by Gasteiger charge is 2.37. The lowest BCUT2D eigenvalue weighted by atomic mass is 10.1. The second-order valence-corrected chi connectivity index (χ2v) is 10.6.